The van der Waals surface area contributed by atoms with Crippen molar-refractivity contribution in [1.82, 2.24) is 4.90 Å². The first-order chi connectivity index (χ1) is 8.20. The van der Waals surface area contributed by atoms with Gasteiger partial charge in [0.1, 0.15) is 0 Å². The number of hydrogen-bond acceptors (Lipinski definition) is 2. The molecule has 1 aliphatic carbocycles. The molecule has 100 valence electrons. The van der Waals surface area contributed by atoms with Gasteiger partial charge in [-0.15, -0.1) is 0 Å². The van der Waals surface area contributed by atoms with Crippen LogP contribution in [0.3, 0.4) is 0 Å². The summed E-state index contributed by atoms with van der Waals surface area (Å²) >= 11 is 0. The molecule has 3 unspecified atom stereocenters. The normalized spacial score (nSPS) is 41.1. The van der Waals surface area contributed by atoms with Gasteiger partial charge in [0.25, 0.3) is 0 Å². The predicted octanol–water partition coefficient (Wildman–Crippen LogP) is 3.05. The van der Waals surface area contributed by atoms with Crippen molar-refractivity contribution in [3.8, 4) is 0 Å². The lowest BCUT2D eigenvalue weighted by Gasteiger charge is -2.42. The van der Waals surface area contributed by atoms with Crippen molar-refractivity contribution in [3.63, 3.8) is 0 Å². The molecule has 2 fully saturated rings. The van der Waals surface area contributed by atoms with Crippen LogP contribution in [0.2, 0.25) is 0 Å². The molecule has 0 radical (unpaired) electrons. The number of likely N-dealkylation sites (tertiary alicyclic amines) is 1. The van der Waals surface area contributed by atoms with E-state index in [9.17, 15) is 5.11 Å². The highest BCUT2D eigenvalue weighted by molar-refractivity contribution is 4.86. The summed E-state index contributed by atoms with van der Waals surface area (Å²) in [6.07, 6.45) is 9.28. The summed E-state index contributed by atoms with van der Waals surface area (Å²) < 4.78 is 0. The third kappa shape index (κ3) is 3.45. The van der Waals surface area contributed by atoms with Crippen LogP contribution in [0.4, 0.5) is 0 Å². The minimum atomic E-state index is 0.360. The maximum absolute atomic E-state index is 9.61. The zero-order chi connectivity index (χ0) is 12.3. The largest absolute Gasteiger partial charge is 0.395 e. The fourth-order valence-corrected chi connectivity index (χ4v) is 4.05. The van der Waals surface area contributed by atoms with E-state index in [1.807, 2.05) is 0 Å². The molecule has 0 bridgehead atoms. The number of nitrogens with zero attached hydrogens (tertiary/aromatic N) is 1. The SMILES string of the molecule is CC1CC(C)CC(N2CCCCCC2CO)C1. The third-order valence-electron chi connectivity index (χ3n) is 4.76. The molecule has 17 heavy (non-hydrogen) atoms. The van der Waals surface area contributed by atoms with Gasteiger partial charge in [-0.3, -0.25) is 4.90 Å². The second-order valence-corrected chi connectivity index (χ2v) is 6.49. The highest BCUT2D eigenvalue weighted by Gasteiger charge is 2.32. The molecule has 1 saturated carbocycles. The second kappa shape index (κ2) is 6.19. The summed E-state index contributed by atoms with van der Waals surface area (Å²) in [5, 5.41) is 9.61. The van der Waals surface area contributed by atoms with Crippen molar-refractivity contribution >= 4 is 0 Å². The van der Waals surface area contributed by atoms with Gasteiger partial charge >= 0.3 is 0 Å². The maximum Gasteiger partial charge on any atom is 0.0586 e. The summed E-state index contributed by atoms with van der Waals surface area (Å²) in [5.74, 6) is 1.73. The Labute approximate surface area is 106 Å². The van der Waals surface area contributed by atoms with Crippen LogP contribution in [0.15, 0.2) is 0 Å². The lowest BCUT2D eigenvalue weighted by Crippen LogP contribution is -2.47. The molecule has 2 heteroatoms. The molecule has 0 aromatic carbocycles. The van der Waals surface area contributed by atoms with Crippen molar-refractivity contribution in [2.75, 3.05) is 13.2 Å². The van der Waals surface area contributed by atoms with Gasteiger partial charge in [0, 0.05) is 12.1 Å². The van der Waals surface area contributed by atoms with Crippen LogP contribution in [-0.4, -0.2) is 35.2 Å². The van der Waals surface area contributed by atoms with E-state index >= 15 is 0 Å². The van der Waals surface area contributed by atoms with Crippen LogP contribution in [0.25, 0.3) is 0 Å². The van der Waals surface area contributed by atoms with E-state index in [4.69, 9.17) is 0 Å². The smallest absolute Gasteiger partial charge is 0.0586 e. The van der Waals surface area contributed by atoms with Crippen LogP contribution in [0.1, 0.15) is 58.8 Å². The Morgan fingerprint density at radius 2 is 1.71 bits per heavy atom. The quantitative estimate of drug-likeness (QED) is 0.800. The Morgan fingerprint density at radius 1 is 1.00 bits per heavy atom. The van der Waals surface area contributed by atoms with E-state index in [0.717, 1.165) is 17.9 Å². The molecule has 1 aliphatic heterocycles. The van der Waals surface area contributed by atoms with Gasteiger partial charge in [0.15, 0.2) is 0 Å². The van der Waals surface area contributed by atoms with Crippen molar-refractivity contribution < 1.29 is 5.11 Å². The molecular formula is C15H29NO. The molecule has 2 nitrogen and oxygen atoms in total. The van der Waals surface area contributed by atoms with Crippen LogP contribution in [-0.2, 0) is 0 Å². The fraction of sp³-hybridized carbons (Fsp3) is 1.00. The molecule has 0 aromatic rings. The second-order valence-electron chi connectivity index (χ2n) is 6.49. The standard InChI is InChI=1S/C15H29NO/c1-12-8-13(2)10-15(9-12)16-7-5-3-4-6-14(16)11-17/h12-15,17H,3-11H2,1-2H3. The van der Waals surface area contributed by atoms with E-state index in [-0.39, 0.29) is 0 Å². The molecule has 1 N–H and O–H groups in total. The lowest BCUT2D eigenvalue weighted by atomic mass is 9.79. The van der Waals surface area contributed by atoms with Gasteiger partial charge in [0.05, 0.1) is 6.61 Å². The van der Waals surface area contributed by atoms with E-state index in [1.54, 1.807) is 0 Å². The summed E-state index contributed by atoms with van der Waals surface area (Å²) in [6.45, 7) is 6.37. The Bertz CT molecular complexity index is 221. The van der Waals surface area contributed by atoms with Gasteiger partial charge in [-0.1, -0.05) is 26.7 Å². The number of aliphatic hydroxyl groups excluding tert-OH is 1. The van der Waals surface area contributed by atoms with Crippen molar-refractivity contribution in [2.45, 2.75) is 70.9 Å². The minimum Gasteiger partial charge on any atom is -0.395 e. The molecule has 0 amide bonds. The van der Waals surface area contributed by atoms with Gasteiger partial charge in [-0.25, -0.2) is 0 Å². The molecule has 0 spiro atoms. The average Bonchev–Trinajstić information content (AvgIpc) is 2.52. The Kier molecular flexibility index (Phi) is 4.87. The van der Waals surface area contributed by atoms with Crippen LogP contribution in [0.5, 0.6) is 0 Å². The Balaban J connectivity index is 2.01. The van der Waals surface area contributed by atoms with Crippen molar-refractivity contribution in [1.29, 1.82) is 0 Å². The van der Waals surface area contributed by atoms with E-state index in [1.165, 1.54) is 51.5 Å². The number of rotatable bonds is 2. The monoisotopic (exact) mass is 239 g/mol. The molecule has 2 rings (SSSR count). The molecule has 0 aromatic heterocycles. The first-order valence-corrected chi connectivity index (χ1v) is 7.57. The van der Waals surface area contributed by atoms with E-state index < -0.39 is 0 Å². The highest BCUT2D eigenvalue weighted by Crippen LogP contribution is 2.34. The zero-order valence-corrected chi connectivity index (χ0v) is 11.6. The van der Waals surface area contributed by atoms with E-state index in [2.05, 4.69) is 18.7 Å². The molecule has 1 saturated heterocycles. The first kappa shape index (κ1) is 13.4. The summed E-state index contributed by atoms with van der Waals surface area (Å²) in [5.41, 5.74) is 0. The summed E-state index contributed by atoms with van der Waals surface area (Å²) in [4.78, 5) is 2.65. The summed E-state index contributed by atoms with van der Waals surface area (Å²) in [7, 11) is 0. The predicted molar refractivity (Wildman–Crippen MR) is 72.0 cm³/mol. The van der Waals surface area contributed by atoms with Gasteiger partial charge in [-0.2, -0.15) is 0 Å². The highest BCUT2D eigenvalue weighted by atomic mass is 16.3. The Morgan fingerprint density at radius 3 is 2.35 bits per heavy atom. The van der Waals surface area contributed by atoms with Crippen LogP contribution < -0.4 is 0 Å². The van der Waals surface area contributed by atoms with Gasteiger partial charge in [0.2, 0.25) is 0 Å². The molecule has 3 atom stereocenters. The van der Waals surface area contributed by atoms with Crippen molar-refractivity contribution in [2.24, 2.45) is 11.8 Å². The van der Waals surface area contributed by atoms with Crippen molar-refractivity contribution in [3.05, 3.63) is 0 Å². The number of hydrogen-bond donors (Lipinski definition) is 1. The minimum absolute atomic E-state index is 0.360. The molecular weight excluding hydrogens is 210 g/mol. The third-order valence-corrected chi connectivity index (χ3v) is 4.76. The molecule has 2 aliphatic rings. The lowest BCUT2D eigenvalue weighted by molar-refractivity contribution is 0.0445. The average molecular weight is 239 g/mol. The maximum atomic E-state index is 9.61. The fourth-order valence-electron chi connectivity index (χ4n) is 4.05. The first-order valence-electron chi connectivity index (χ1n) is 7.57. The van der Waals surface area contributed by atoms with Crippen LogP contribution >= 0.6 is 0 Å². The van der Waals surface area contributed by atoms with Crippen LogP contribution in [0, 0.1) is 11.8 Å². The number of aliphatic hydroxyl groups is 1. The summed E-state index contributed by atoms with van der Waals surface area (Å²) in [6, 6.07) is 1.18. The zero-order valence-electron chi connectivity index (χ0n) is 11.6. The Hall–Kier alpha value is -0.0800. The van der Waals surface area contributed by atoms with Gasteiger partial charge < -0.3 is 5.11 Å². The van der Waals surface area contributed by atoms with Gasteiger partial charge in [-0.05, 0) is 50.5 Å². The molecule has 1 heterocycles. The van der Waals surface area contributed by atoms with E-state index in [0.29, 0.717) is 12.6 Å². The topological polar surface area (TPSA) is 23.5 Å².